The number of allylic oxidation sites excluding steroid dienone is 12. The number of carbonyl (C=O) groups is 2. The van der Waals surface area contributed by atoms with Gasteiger partial charge in [0, 0.05) is 65.7 Å². The first-order valence-electron chi connectivity index (χ1n) is 18.2. The standard InChI is InChI=1S/C39H61N7O3/c1-3-4-5-6-7-8-9-10-11-12-13-14-15-16-17-18-19-20-21-23-38(47)41-26-32-45(29-22-28-44-30-24-40-25-31-44)33-27-42-39(48)37-35-46(49)36(2)34-43-37/h4-5,7-8,10-11,13-14,16-17,19-20,34-35,40H,3,6,9,12,15,18,21-33H2,1-2H3,(H,41,47)(H,42,48)/b5-4-,8-7-,11-10-,14-13-,17-16-,20-19-. The minimum atomic E-state index is -0.368. The summed E-state index contributed by atoms with van der Waals surface area (Å²) in [5.74, 6) is -0.321. The van der Waals surface area contributed by atoms with Crippen molar-refractivity contribution in [2.45, 2.75) is 71.6 Å². The van der Waals surface area contributed by atoms with Crippen LogP contribution in [-0.4, -0.2) is 92.0 Å². The molecule has 1 aliphatic heterocycles. The highest BCUT2D eigenvalue weighted by atomic mass is 16.5. The van der Waals surface area contributed by atoms with Gasteiger partial charge in [-0.05, 0) is 64.5 Å². The van der Waals surface area contributed by atoms with Crippen LogP contribution in [0, 0.1) is 12.1 Å². The van der Waals surface area contributed by atoms with Gasteiger partial charge in [-0.2, -0.15) is 4.73 Å². The first-order chi connectivity index (χ1) is 24.0. The van der Waals surface area contributed by atoms with Gasteiger partial charge in [-0.25, -0.2) is 4.98 Å². The van der Waals surface area contributed by atoms with E-state index in [4.69, 9.17) is 0 Å². The highest BCUT2D eigenvalue weighted by Gasteiger charge is 2.14. The van der Waals surface area contributed by atoms with E-state index in [0.717, 1.165) is 84.2 Å². The monoisotopic (exact) mass is 675 g/mol. The molecule has 0 unspecified atom stereocenters. The molecule has 270 valence electrons. The molecule has 1 aromatic rings. The van der Waals surface area contributed by atoms with Crippen LogP contribution in [-0.2, 0) is 4.79 Å². The van der Waals surface area contributed by atoms with Gasteiger partial charge < -0.3 is 26.1 Å². The average Bonchev–Trinajstić information content (AvgIpc) is 3.10. The molecule has 1 aliphatic rings. The van der Waals surface area contributed by atoms with Crippen LogP contribution in [0.4, 0.5) is 0 Å². The Morgan fingerprint density at radius 2 is 1.41 bits per heavy atom. The Morgan fingerprint density at radius 1 is 0.857 bits per heavy atom. The molecule has 0 atom stereocenters. The number of amides is 2. The topological polar surface area (TPSA) is 117 Å². The molecule has 0 aromatic carbocycles. The number of aromatic nitrogens is 2. The van der Waals surface area contributed by atoms with E-state index in [9.17, 15) is 14.8 Å². The summed E-state index contributed by atoms with van der Waals surface area (Å²) in [5, 5.41) is 21.1. The van der Waals surface area contributed by atoms with Crippen LogP contribution in [0.25, 0.3) is 0 Å². The Hall–Kier alpha value is -3.86. The van der Waals surface area contributed by atoms with Gasteiger partial charge in [-0.3, -0.25) is 14.5 Å². The van der Waals surface area contributed by atoms with Gasteiger partial charge in [0.25, 0.3) is 5.91 Å². The largest absolute Gasteiger partial charge is 0.618 e. The molecule has 0 aliphatic carbocycles. The second-order valence-corrected chi connectivity index (χ2v) is 12.1. The molecule has 2 amide bonds. The molecule has 10 nitrogen and oxygen atoms in total. The number of hydrogen-bond donors (Lipinski definition) is 3. The van der Waals surface area contributed by atoms with Crippen LogP contribution in [0.1, 0.15) is 80.9 Å². The quantitative estimate of drug-likeness (QED) is 0.0764. The number of aryl methyl sites for hydroxylation is 1. The van der Waals surface area contributed by atoms with Gasteiger partial charge in [0.1, 0.15) is 0 Å². The van der Waals surface area contributed by atoms with Crippen LogP contribution in [0.3, 0.4) is 0 Å². The fourth-order valence-corrected chi connectivity index (χ4v) is 5.09. The Morgan fingerprint density at radius 3 is 1.98 bits per heavy atom. The summed E-state index contributed by atoms with van der Waals surface area (Å²) in [6.07, 6.45) is 36.8. The molecule has 2 rings (SSSR count). The van der Waals surface area contributed by atoms with E-state index in [1.165, 1.54) is 12.4 Å². The Balaban J connectivity index is 1.59. The Bertz CT molecular complexity index is 1230. The van der Waals surface area contributed by atoms with Gasteiger partial charge >= 0.3 is 0 Å². The maximum atomic E-state index is 12.5. The molecule has 1 saturated heterocycles. The SMILES string of the molecule is CC/C=C\C/C=C\C/C=C\C/C=C\C/C=C\C/C=C\CCC(=O)NCCN(CCCN1CCNCC1)CCNC(=O)c1c[n+]([O-])c(C)cn1. The minimum Gasteiger partial charge on any atom is -0.618 e. The number of hydrogen-bond acceptors (Lipinski definition) is 7. The highest BCUT2D eigenvalue weighted by Crippen LogP contribution is 2.00. The summed E-state index contributed by atoms with van der Waals surface area (Å²) >= 11 is 0. The lowest BCUT2D eigenvalue weighted by Crippen LogP contribution is -2.45. The molecular formula is C39H61N7O3. The highest BCUT2D eigenvalue weighted by molar-refractivity contribution is 5.91. The summed E-state index contributed by atoms with van der Waals surface area (Å²) in [5.41, 5.74) is 0.539. The Kier molecular flexibility index (Phi) is 23.6. The lowest BCUT2D eigenvalue weighted by atomic mass is 10.2. The van der Waals surface area contributed by atoms with Gasteiger partial charge in [0.2, 0.25) is 17.8 Å². The van der Waals surface area contributed by atoms with Crippen molar-refractivity contribution in [2.24, 2.45) is 0 Å². The zero-order valence-electron chi connectivity index (χ0n) is 30.0. The second-order valence-electron chi connectivity index (χ2n) is 12.1. The maximum absolute atomic E-state index is 12.5. The first-order valence-corrected chi connectivity index (χ1v) is 18.2. The molecule has 0 saturated carbocycles. The van der Waals surface area contributed by atoms with Crippen LogP contribution in [0.2, 0.25) is 0 Å². The first kappa shape index (κ1) is 41.3. The van der Waals surface area contributed by atoms with Crippen LogP contribution in [0.15, 0.2) is 85.3 Å². The third-order valence-electron chi connectivity index (χ3n) is 7.97. The lowest BCUT2D eigenvalue weighted by molar-refractivity contribution is -0.613. The molecule has 49 heavy (non-hydrogen) atoms. The molecule has 2 heterocycles. The van der Waals surface area contributed by atoms with Crippen molar-refractivity contribution in [3.8, 4) is 0 Å². The minimum absolute atomic E-state index is 0.0463. The van der Waals surface area contributed by atoms with E-state index in [-0.39, 0.29) is 17.5 Å². The van der Waals surface area contributed by atoms with Gasteiger partial charge in [-0.15, -0.1) is 0 Å². The average molecular weight is 676 g/mol. The fraction of sp³-hybridized carbons (Fsp3) is 0.538. The van der Waals surface area contributed by atoms with E-state index < -0.39 is 0 Å². The number of piperazine rings is 1. The van der Waals surface area contributed by atoms with E-state index in [0.29, 0.717) is 49.4 Å². The number of nitrogens with zero attached hydrogens (tertiary/aromatic N) is 4. The molecule has 10 heteroatoms. The molecule has 0 radical (unpaired) electrons. The normalized spacial score (nSPS) is 14.6. The molecule has 0 spiro atoms. The van der Waals surface area contributed by atoms with E-state index in [1.807, 2.05) is 0 Å². The van der Waals surface area contributed by atoms with Crippen molar-refractivity contribution in [1.29, 1.82) is 0 Å². The van der Waals surface area contributed by atoms with Crippen molar-refractivity contribution >= 4 is 11.8 Å². The van der Waals surface area contributed by atoms with Crippen molar-refractivity contribution < 1.29 is 14.3 Å². The third kappa shape index (κ3) is 21.7. The summed E-state index contributed by atoms with van der Waals surface area (Å²) in [4.78, 5) is 33.7. The second kappa shape index (κ2) is 28.0. The third-order valence-corrected chi connectivity index (χ3v) is 7.97. The van der Waals surface area contributed by atoms with E-state index in [2.05, 4.69) is 111 Å². The predicted molar refractivity (Wildman–Crippen MR) is 201 cm³/mol. The zero-order chi connectivity index (χ0) is 35.2. The maximum Gasteiger partial charge on any atom is 0.276 e. The lowest BCUT2D eigenvalue weighted by Gasteiger charge is -2.29. The number of carbonyl (C=O) groups excluding carboxylic acids is 2. The van der Waals surface area contributed by atoms with Gasteiger partial charge in [0.05, 0.1) is 6.20 Å². The fourth-order valence-electron chi connectivity index (χ4n) is 5.09. The van der Waals surface area contributed by atoms with Crippen LogP contribution in [0.5, 0.6) is 0 Å². The van der Waals surface area contributed by atoms with E-state index >= 15 is 0 Å². The van der Waals surface area contributed by atoms with Gasteiger partial charge in [-0.1, -0.05) is 79.8 Å². The Labute approximate surface area is 295 Å². The summed E-state index contributed by atoms with van der Waals surface area (Å²) in [7, 11) is 0. The molecular weight excluding hydrogens is 614 g/mol. The molecule has 1 aromatic heterocycles. The van der Waals surface area contributed by atoms with Crippen molar-refractivity contribution in [2.75, 3.05) is 65.4 Å². The molecule has 1 fully saturated rings. The number of nitrogens with one attached hydrogen (secondary N) is 3. The summed E-state index contributed by atoms with van der Waals surface area (Å²) < 4.78 is 0.648. The molecule has 3 N–H and O–H groups in total. The molecule has 0 bridgehead atoms. The van der Waals surface area contributed by atoms with Crippen molar-refractivity contribution in [3.05, 3.63) is 102 Å². The summed E-state index contributed by atoms with van der Waals surface area (Å²) in [6, 6.07) is 0. The number of rotatable bonds is 25. The van der Waals surface area contributed by atoms with Crippen molar-refractivity contribution in [3.63, 3.8) is 0 Å². The van der Waals surface area contributed by atoms with Crippen molar-refractivity contribution in [1.82, 2.24) is 30.7 Å². The summed E-state index contributed by atoms with van der Waals surface area (Å²) in [6.45, 7) is 12.2. The smallest absolute Gasteiger partial charge is 0.276 e. The van der Waals surface area contributed by atoms with E-state index in [1.54, 1.807) is 6.92 Å². The zero-order valence-corrected chi connectivity index (χ0v) is 30.0. The van der Waals surface area contributed by atoms with Gasteiger partial charge in [0.15, 0.2) is 5.69 Å². The van der Waals surface area contributed by atoms with Crippen LogP contribution >= 0.6 is 0 Å². The van der Waals surface area contributed by atoms with Crippen LogP contribution < -0.4 is 20.7 Å². The predicted octanol–water partition coefficient (Wildman–Crippen LogP) is 4.94.